The summed E-state index contributed by atoms with van der Waals surface area (Å²) >= 11 is 0. The fourth-order valence-corrected chi connectivity index (χ4v) is 1.99. The molecule has 0 spiro atoms. The summed E-state index contributed by atoms with van der Waals surface area (Å²) in [4.78, 5) is 16.6. The van der Waals surface area contributed by atoms with Gasteiger partial charge in [-0.3, -0.25) is 4.79 Å². The Hall–Kier alpha value is -2.30. The van der Waals surface area contributed by atoms with E-state index in [0.29, 0.717) is 12.1 Å². The van der Waals surface area contributed by atoms with E-state index in [4.69, 9.17) is 4.42 Å². The summed E-state index contributed by atoms with van der Waals surface area (Å²) in [6, 6.07) is 7.29. The van der Waals surface area contributed by atoms with Gasteiger partial charge in [0.25, 0.3) is 5.91 Å². The van der Waals surface area contributed by atoms with Crippen LogP contribution in [0.5, 0.6) is 0 Å². The molecule has 2 rings (SSSR count). The number of rotatable bonds is 6. The second kappa shape index (κ2) is 6.92. The molecule has 112 valence electrons. The Balaban J connectivity index is 2.02. The highest BCUT2D eigenvalue weighted by molar-refractivity contribution is 5.94. The van der Waals surface area contributed by atoms with Crippen molar-refractivity contribution in [2.24, 2.45) is 0 Å². The molecule has 0 radical (unpaired) electrons. The maximum absolute atomic E-state index is 12.2. The van der Waals surface area contributed by atoms with E-state index in [1.54, 1.807) is 12.1 Å². The number of hydrogen-bond donors (Lipinski definition) is 2. The third kappa shape index (κ3) is 4.34. The molecule has 1 amide bonds. The minimum absolute atomic E-state index is 0.130. The minimum Gasteiger partial charge on any atom is -0.465 e. The second-order valence-corrected chi connectivity index (χ2v) is 5.00. The van der Waals surface area contributed by atoms with Crippen LogP contribution >= 0.6 is 0 Å². The normalized spacial score (nSPS) is 10.4. The van der Waals surface area contributed by atoms with E-state index in [0.717, 1.165) is 36.0 Å². The van der Waals surface area contributed by atoms with Gasteiger partial charge in [-0.25, -0.2) is 4.98 Å². The summed E-state index contributed by atoms with van der Waals surface area (Å²) in [7, 11) is 0. The van der Waals surface area contributed by atoms with Crippen LogP contribution in [0.15, 0.2) is 28.7 Å². The van der Waals surface area contributed by atoms with Gasteiger partial charge in [0, 0.05) is 17.8 Å². The second-order valence-electron chi connectivity index (χ2n) is 5.00. The molecule has 0 atom stereocenters. The SMILES string of the molecule is CCCNc1cc(C(=O)NCc2ccc(C)o2)cc(C)n1. The van der Waals surface area contributed by atoms with Crippen molar-refractivity contribution >= 4 is 11.7 Å². The largest absolute Gasteiger partial charge is 0.465 e. The van der Waals surface area contributed by atoms with Crippen molar-refractivity contribution in [3.63, 3.8) is 0 Å². The van der Waals surface area contributed by atoms with E-state index in [1.807, 2.05) is 26.0 Å². The first-order chi connectivity index (χ1) is 10.1. The number of hydrogen-bond acceptors (Lipinski definition) is 4. The van der Waals surface area contributed by atoms with Gasteiger partial charge in [-0.2, -0.15) is 0 Å². The molecule has 0 aliphatic heterocycles. The lowest BCUT2D eigenvalue weighted by Gasteiger charge is -2.08. The highest BCUT2D eigenvalue weighted by Gasteiger charge is 2.09. The van der Waals surface area contributed by atoms with Crippen molar-refractivity contribution in [1.29, 1.82) is 0 Å². The zero-order valence-electron chi connectivity index (χ0n) is 12.7. The maximum atomic E-state index is 12.2. The van der Waals surface area contributed by atoms with E-state index >= 15 is 0 Å². The first-order valence-corrected chi connectivity index (χ1v) is 7.14. The molecule has 5 heteroatoms. The lowest BCUT2D eigenvalue weighted by molar-refractivity contribution is 0.0947. The van der Waals surface area contributed by atoms with E-state index < -0.39 is 0 Å². The summed E-state index contributed by atoms with van der Waals surface area (Å²) in [5.41, 5.74) is 1.42. The van der Waals surface area contributed by atoms with Gasteiger partial charge in [0.2, 0.25) is 0 Å². The number of aromatic nitrogens is 1. The van der Waals surface area contributed by atoms with Gasteiger partial charge in [0.05, 0.1) is 6.54 Å². The molecule has 2 aromatic rings. The van der Waals surface area contributed by atoms with Crippen LogP contribution in [0.25, 0.3) is 0 Å². The minimum atomic E-state index is -0.130. The van der Waals surface area contributed by atoms with Crippen LogP contribution < -0.4 is 10.6 Å². The molecule has 21 heavy (non-hydrogen) atoms. The van der Waals surface area contributed by atoms with Crippen LogP contribution in [0.4, 0.5) is 5.82 Å². The smallest absolute Gasteiger partial charge is 0.251 e. The molecular formula is C16H21N3O2. The Morgan fingerprint density at radius 1 is 1.29 bits per heavy atom. The molecule has 0 fully saturated rings. The standard InChI is InChI=1S/C16H21N3O2/c1-4-7-17-15-9-13(8-11(2)19-15)16(20)18-10-14-6-5-12(3)21-14/h5-6,8-9H,4,7,10H2,1-3H3,(H,17,19)(H,18,20). The number of carbonyl (C=O) groups is 1. The van der Waals surface area contributed by atoms with Gasteiger partial charge in [-0.15, -0.1) is 0 Å². The van der Waals surface area contributed by atoms with Crippen LogP contribution in [0.3, 0.4) is 0 Å². The van der Waals surface area contributed by atoms with Gasteiger partial charge in [0.15, 0.2) is 0 Å². The number of nitrogens with zero attached hydrogens (tertiary/aromatic N) is 1. The Bertz CT molecular complexity index is 620. The van der Waals surface area contributed by atoms with Crippen molar-refractivity contribution in [3.8, 4) is 0 Å². The van der Waals surface area contributed by atoms with Gasteiger partial charge in [-0.1, -0.05) is 6.92 Å². The number of pyridine rings is 1. The predicted octanol–water partition coefficient (Wildman–Crippen LogP) is 3.04. The Kier molecular flexibility index (Phi) is 4.98. The number of carbonyl (C=O) groups excluding carboxylic acids is 1. The van der Waals surface area contributed by atoms with Crippen molar-refractivity contribution in [1.82, 2.24) is 10.3 Å². The first kappa shape index (κ1) is 15.1. The summed E-state index contributed by atoms with van der Waals surface area (Å²) in [5.74, 6) is 2.19. The first-order valence-electron chi connectivity index (χ1n) is 7.14. The van der Waals surface area contributed by atoms with Crippen molar-refractivity contribution in [2.75, 3.05) is 11.9 Å². The molecule has 0 saturated heterocycles. The fraction of sp³-hybridized carbons (Fsp3) is 0.375. The molecule has 2 N–H and O–H groups in total. The zero-order valence-corrected chi connectivity index (χ0v) is 12.7. The summed E-state index contributed by atoms with van der Waals surface area (Å²) in [5, 5.41) is 6.05. The Labute approximate surface area is 124 Å². The van der Waals surface area contributed by atoms with Crippen LogP contribution in [0.2, 0.25) is 0 Å². The lowest BCUT2D eigenvalue weighted by Crippen LogP contribution is -2.23. The van der Waals surface area contributed by atoms with Gasteiger partial charge in [-0.05, 0) is 44.5 Å². The third-order valence-electron chi connectivity index (χ3n) is 2.99. The van der Waals surface area contributed by atoms with Crippen LogP contribution in [0, 0.1) is 13.8 Å². The van der Waals surface area contributed by atoms with Gasteiger partial charge in [0.1, 0.15) is 17.3 Å². The predicted molar refractivity (Wildman–Crippen MR) is 82.4 cm³/mol. The van der Waals surface area contributed by atoms with E-state index in [2.05, 4.69) is 22.5 Å². The highest BCUT2D eigenvalue weighted by Crippen LogP contribution is 2.11. The Morgan fingerprint density at radius 3 is 2.76 bits per heavy atom. The maximum Gasteiger partial charge on any atom is 0.251 e. The van der Waals surface area contributed by atoms with Crippen molar-refractivity contribution in [2.45, 2.75) is 33.7 Å². The third-order valence-corrected chi connectivity index (χ3v) is 2.99. The molecule has 0 aliphatic carbocycles. The van der Waals surface area contributed by atoms with Crippen LogP contribution in [0.1, 0.15) is 40.9 Å². The lowest BCUT2D eigenvalue weighted by atomic mass is 10.2. The van der Waals surface area contributed by atoms with Crippen molar-refractivity contribution < 1.29 is 9.21 Å². The van der Waals surface area contributed by atoms with Gasteiger partial charge >= 0.3 is 0 Å². The van der Waals surface area contributed by atoms with E-state index in [1.165, 1.54) is 0 Å². The number of amides is 1. The Morgan fingerprint density at radius 2 is 2.10 bits per heavy atom. The molecule has 0 bridgehead atoms. The number of aryl methyl sites for hydroxylation is 2. The zero-order chi connectivity index (χ0) is 15.2. The van der Waals surface area contributed by atoms with Crippen LogP contribution in [-0.4, -0.2) is 17.4 Å². The molecule has 2 heterocycles. The topological polar surface area (TPSA) is 67.2 Å². The summed E-state index contributed by atoms with van der Waals surface area (Å²) < 4.78 is 5.43. The number of nitrogens with one attached hydrogen (secondary N) is 2. The molecule has 0 unspecified atom stereocenters. The monoisotopic (exact) mass is 287 g/mol. The molecule has 5 nitrogen and oxygen atoms in total. The van der Waals surface area contributed by atoms with Gasteiger partial charge < -0.3 is 15.1 Å². The van der Waals surface area contributed by atoms with Crippen molar-refractivity contribution in [3.05, 3.63) is 47.0 Å². The molecule has 2 aromatic heterocycles. The summed E-state index contributed by atoms with van der Waals surface area (Å²) in [6.45, 7) is 7.06. The molecule has 0 aliphatic rings. The molecular weight excluding hydrogens is 266 g/mol. The summed E-state index contributed by atoms with van der Waals surface area (Å²) in [6.07, 6.45) is 1.01. The van der Waals surface area contributed by atoms with E-state index in [9.17, 15) is 4.79 Å². The quantitative estimate of drug-likeness (QED) is 0.857. The fourth-order valence-electron chi connectivity index (χ4n) is 1.99. The molecule has 0 aromatic carbocycles. The highest BCUT2D eigenvalue weighted by atomic mass is 16.3. The number of furan rings is 1. The van der Waals surface area contributed by atoms with Crippen LogP contribution in [-0.2, 0) is 6.54 Å². The average molecular weight is 287 g/mol. The van der Waals surface area contributed by atoms with E-state index in [-0.39, 0.29) is 5.91 Å². The number of anilines is 1. The molecule has 0 saturated carbocycles. The average Bonchev–Trinajstić information content (AvgIpc) is 2.87.